The summed E-state index contributed by atoms with van der Waals surface area (Å²) in [6.45, 7) is 0. The summed E-state index contributed by atoms with van der Waals surface area (Å²) in [5, 5.41) is 0. The number of benzene rings is 2. The van der Waals surface area contributed by atoms with Crippen LogP contribution in [0, 0.1) is 0 Å². The van der Waals surface area contributed by atoms with Crippen LogP contribution in [0.2, 0.25) is 0 Å². The maximum absolute atomic E-state index is 12.3. The largest absolute Gasteiger partial charge is 0.497 e. The maximum atomic E-state index is 12.3. The zero-order valence-corrected chi connectivity index (χ0v) is 13.4. The summed E-state index contributed by atoms with van der Waals surface area (Å²) in [4.78, 5) is 26.1. The van der Waals surface area contributed by atoms with E-state index in [1.807, 2.05) is 6.07 Å². The van der Waals surface area contributed by atoms with E-state index in [0.717, 1.165) is 0 Å². The number of hydrogen-bond acceptors (Lipinski definition) is 4. The molecule has 0 N–H and O–H groups in total. The second-order valence-corrected chi connectivity index (χ2v) is 5.16. The molecule has 5 nitrogen and oxygen atoms in total. The first-order valence-electron chi connectivity index (χ1n) is 7.14. The predicted octanol–water partition coefficient (Wildman–Crippen LogP) is 2.68. The van der Waals surface area contributed by atoms with E-state index in [1.54, 1.807) is 69.7 Å². The van der Waals surface area contributed by atoms with Crippen LogP contribution in [0.25, 0.3) is 0 Å². The van der Waals surface area contributed by atoms with Gasteiger partial charge in [0, 0.05) is 19.7 Å². The van der Waals surface area contributed by atoms with Crippen LogP contribution in [0.1, 0.15) is 22.0 Å². The summed E-state index contributed by atoms with van der Waals surface area (Å²) in [5.74, 6) is -0.208. The molecule has 2 aromatic carbocycles. The van der Waals surface area contributed by atoms with Crippen LogP contribution >= 0.6 is 0 Å². The molecule has 0 saturated heterocycles. The first-order chi connectivity index (χ1) is 11.0. The van der Waals surface area contributed by atoms with Gasteiger partial charge >= 0.3 is 5.97 Å². The lowest BCUT2D eigenvalue weighted by molar-refractivity contribution is -0.138. The van der Waals surface area contributed by atoms with Crippen molar-refractivity contribution in [3.63, 3.8) is 0 Å². The molecule has 0 saturated carbocycles. The minimum absolute atomic E-state index is 0.293. The number of ether oxygens (including phenoxy) is 2. The Labute approximate surface area is 135 Å². The second-order valence-electron chi connectivity index (χ2n) is 5.16. The lowest BCUT2D eigenvalue weighted by Gasteiger charge is -2.21. The molecule has 0 aliphatic carbocycles. The third kappa shape index (κ3) is 4.10. The molecule has 0 spiro atoms. The van der Waals surface area contributed by atoms with Gasteiger partial charge in [0.05, 0.1) is 12.7 Å². The van der Waals surface area contributed by atoms with E-state index in [1.165, 1.54) is 4.90 Å². The molecule has 5 heteroatoms. The molecule has 23 heavy (non-hydrogen) atoms. The van der Waals surface area contributed by atoms with Gasteiger partial charge in [0.25, 0.3) is 5.91 Å². The zero-order valence-electron chi connectivity index (χ0n) is 13.4. The van der Waals surface area contributed by atoms with Crippen LogP contribution < -0.4 is 4.74 Å². The quantitative estimate of drug-likeness (QED) is 0.796. The summed E-state index contributed by atoms with van der Waals surface area (Å²) >= 11 is 0. The lowest BCUT2D eigenvalue weighted by Crippen LogP contribution is -2.31. The molecule has 1 unspecified atom stereocenters. The minimum atomic E-state index is -0.971. The molecule has 0 bridgehead atoms. The summed E-state index contributed by atoms with van der Waals surface area (Å²) in [5.41, 5.74) is 0.992. The summed E-state index contributed by atoms with van der Waals surface area (Å²) in [7, 11) is 4.80. The van der Waals surface area contributed by atoms with E-state index in [4.69, 9.17) is 9.47 Å². The van der Waals surface area contributed by atoms with Crippen molar-refractivity contribution >= 4 is 11.9 Å². The lowest BCUT2D eigenvalue weighted by atomic mass is 10.1. The normalized spacial score (nSPS) is 11.4. The van der Waals surface area contributed by atoms with Gasteiger partial charge in [-0.05, 0) is 24.3 Å². The molecule has 1 atom stereocenters. The number of hydrogen-bond donors (Lipinski definition) is 0. The molecule has 2 aromatic rings. The molecule has 120 valence electrons. The number of amides is 1. The SMILES string of the molecule is COc1ccc(C(=O)OC(C(=O)N(C)C)c2ccccc2)cc1. The van der Waals surface area contributed by atoms with Crippen molar-refractivity contribution in [2.45, 2.75) is 6.10 Å². The summed E-state index contributed by atoms with van der Waals surface area (Å²) < 4.78 is 10.5. The maximum Gasteiger partial charge on any atom is 0.339 e. The predicted molar refractivity (Wildman–Crippen MR) is 86.3 cm³/mol. The van der Waals surface area contributed by atoms with Crippen LogP contribution in [0.5, 0.6) is 5.75 Å². The Morgan fingerprint density at radius 3 is 2.09 bits per heavy atom. The van der Waals surface area contributed by atoms with E-state index in [2.05, 4.69) is 0 Å². The average Bonchev–Trinajstić information content (AvgIpc) is 2.59. The first kappa shape index (κ1) is 16.5. The fourth-order valence-corrected chi connectivity index (χ4v) is 2.03. The highest BCUT2D eigenvalue weighted by Crippen LogP contribution is 2.22. The number of carbonyl (C=O) groups excluding carboxylic acids is 2. The molecule has 0 aliphatic heterocycles. The van der Waals surface area contributed by atoms with Crippen molar-refractivity contribution in [2.24, 2.45) is 0 Å². The molecule has 1 amide bonds. The molecule has 0 radical (unpaired) electrons. The fourth-order valence-electron chi connectivity index (χ4n) is 2.03. The highest BCUT2D eigenvalue weighted by atomic mass is 16.5. The van der Waals surface area contributed by atoms with Gasteiger partial charge < -0.3 is 14.4 Å². The fraction of sp³-hybridized carbons (Fsp3) is 0.222. The van der Waals surface area contributed by atoms with Gasteiger partial charge in [-0.2, -0.15) is 0 Å². The summed E-state index contributed by atoms with van der Waals surface area (Å²) in [6.07, 6.45) is -0.971. The number of nitrogens with zero attached hydrogens (tertiary/aromatic N) is 1. The standard InChI is InChI=1S/C18H19NO4/c1-19(2)17(20)16(13-7-5-4-6-8-13)23-18(21)14-9-11-15(22-3)12-10-14/h4-12,16H,1-3H3. The number of esters is 1. The van der Waals surface area contributed by atoms with Gasteiger partial charge in [0.1, 0.15) is 5.75 Å². The van der Waals surface area contributed by atoms with Crippen LogP contribution in [0.3, 0.4) is 0 Å². The summed E-state index contributed by atoms with van der Waals surface area (Å²) in [6, 6.07) is 15.5. The van der Waals surface area contributed by atoms with Gasteiger partial charge in [0.15, 0.2) is 0 Å². The Balaban J connectivity index is 2.23. The zero-order chi connectivity index (χ0) is 16.8. The van der Waals surface area contributed by atoms with Crippen molar-refractivity contribution in [2.75, 3.05) is 21.2 Å². The highest BCUT2D eigenvalue weighted by molar-refractivity contribution is 5.92. The van der Waals surface area contributed by atoms with E-state index < -0.39 is 12.1 Å². The Kier molecular flexibility index (Phi) is 5.36. The molecule has 2 rings (SSSR count). The molecule has 0 aliphatic rings. The van der Waals surface area contributed by atoms with Crippen LogP contribution in [0.15, 0.2) is 54.6 Å². The molecular formula is C18H19NO4. The van der Waals surface area contributed by atoms with Crippen molar-refractivity contribution in [3.05, 3.63) is 65.7 Å². The van der Waals surface area contributed by atoms with Gasteiger partial charge in [-0.15, -0.1) is 0 Å². The van der Waals surface area contributed by atoms with Gasteiger partial charge in [-0.3, -0.25) is 4.79 Å². The van der Waals surface area contributed by atoms with E-state index in [-0.39, 0.29) is 5.91 Å². The Morgan fingerprint density at radius 2 is 1.57 bits per heavy atom. The number of methoxy groups -OCH3 is 1. The molecule has 0 fully saturated rings. The smallest absolute Gasteiger partial charge is 0.339 e. The molecule has 0 heterocycles. The Hall–Kier alpha value is -2.82. The van der Waals surface area contributed by atoms with Crippen LogP contribution in [-0.4, -0.2) is 38.0 Å². The van der Waals surface area contributed by atoms with E-state index in [0.29, 0.717) is 16.9 Å². The number of carbonyl (C=O) groups is 2. The Bertz CT molecular complexity index is 665. The third-order valence-corrected chi connectivity index (χ3v) is 3.32. The average molecular weight is 313 g/mol. The highest BCUT2D eigenvalue weighted by Gasteiger charge is 2.26. The molecule has 0 aromatic heterocycles. The first-order valence-corrected chi connectivity index (χ1v) is 7.14. The van der Waals surface area contributed by atoms with Gasteiger partial charge in [-0.1, -0.05) is 30.3 Å². The topological polar surface area (TPSA) is 55.8 Å². The van der Waals surface area contributed by atoms with Crippen molar-refractivity contribution in [1.29, 1.82) is 0 Å². The number of rotatable bonds is 5. The van der Waals surface area contributed by atoms with Crippen LogP contribution in [-0.2, 0) is 9.53 Å². The molecular weight excluding hydrogens is 294 g/mol. The number of likely N-dealkylation sites (N-methyl/N-ethyl adjacent to an activating group) is 1. The Morgan fingerprint density at radius 1 is 0.957 bits per heavy atom. The monoisotopic (exact) mass is 313 g/mol. The van der Waals surface area contributed by atoms with Crippen molar-refractivity contribution in [1.82, 2.24) is 4.90 Å². The van der Waals surface area contributed by atoms with Crippen molar-refractivity contribution in [3.8, 4) is 5.75 Å². The third-order valence-electron chi connectivity index (χ3n) is 3.32. The van der Waals surface area contributed by atoms with E-state index >= 15 is 0 Å². The van der Waals surface area contributed by atoms with Gasteiger partial charge in [0.2, 0.25) is 6.10 Å². The minimum Gasteiger partial charge on any atom is -0.497 e. The van der Waals surface area contributed by atoms with Crippen LogP contribution in [0.4, 0.5) is 0 Å². The van der Waals surface area contributed by atoms with Gasteiger partial charge in [-0.25, -0.2) is 4.79 Å². The second kappa shape index (κ2) is 7.45. The van der Waals surface area contributed by atoms with Crippen molar-refractivity contribution < 1.29 is 19.1 Å². The van der Waals surface area contributed by atoms with E-state index in [9.17, 15) is 9.59 Å².